The molecule has 0 radical (unpaired) electrons. The fourth-order valence-electron chi connectivity index (χ4n) is 4.19. The van der Waals surface area contributed by atoms with E-state index in [0.717, 1.165) is 43.8 Å². The number of imidazole rings is 1. The third-order valence-electron chi connectivity index (χ3n) is 5.56. The van der Waals surface area contributed by atoms with Gasteiger partial charge >= 0.3 is 0 Å². The average Bonchev–Trinajstić information content (AvgIpc) is 3.08. The zero-order valence-electron chi connectivity index (χ0n) is 16.9. The summed E-state index contributed by atoms with van der Waals surface area (Å²) in [7, 11) is 0. The van der Waals surface area contributed by atoms with Crippen molar-refractivity contribution in [2.75, 3.05) is 18.4 Å². The standard InChI is InChI=1S/C23H27ClN4O/c1-16(2)28-21-12-6-5-11-20(21)25-22(28)15-27-13-7-8-17(14-27)23(29)26-19-10-4-3-9-18(19)24/h3-6,9-12,16-17H,7-8,13-15H2,1-2H3,(H,26,29)/t17-/m1/s1. The van der Waals surface area contributed by atoms with Crippen LogP contribution in [0, 0.1) is 5.92 Å². The molecule has 152 valence electrons. The number of benzene rings is 2. The maximum atomic E-state index is 12.8. The number of aromatic nitrogens is 2. The minimum atomic E-state index is -0.0445. The molecule has 2 aromatic carbocycles. The van der Waals surface area contributed by atoms with Crippen molar-refractivity contribution >= 4 is 34.2 Å². The van der Waals surface area contributed by atoms with E-state index in [-0.39, 0.29) is 11.8 Å². The number of para-hydroxylation sites is 3. The quantitative estimate of drug-likeness (QED) is 0.635. The number of nitrogens with one attached hydrogen (secondary N) is 1. The number of hydrogen-bond acceptors (Lipinski definition) is 3. The molecule has 1 aromatic heterocycles. The SMILES string of the molecule is CC(C)n1c(CN2CCC[C@@H](C(=O)Nc3ccccc3Cl)C2)nc2ccccc21. The molecule has 4 rings (SSSR count). The van der Waals surface area contributed by atoms with Gasteiger partial charge in [-0.2, -0.15) is 0 Å². The van der Waals surface area contributed by atoms with Gasteiger partial charge in [-0.3, -0.25) is 9.69 Å². The smallest absolute Gasteiger partial charge is 0.228 e. The molecule has 6 heteroatoms. The molecule has 5 nitrogen and oxygen atoms in total. The largest absolute Gasteiger partial charge is 0.324 e. The Bertz CT molecular complexity index is 1010. The molecule has 1 fully saturated rings. The van der Waals surface area contributed by atoms with Gasteiger partial charge < -0.3 is 9.88 Å². The lowest BCUT2D eigenvalue weighted by atomic mass is 9.97. The predicted octanol–water partition coefficient (Wildman–Crippen LogP) is 5.12. The molecule has 3 aromatic rings. The minimum absolute atomic E-state index is 0.0418. The van der Waals surface area contributed by atoms with Gasteiger partial charge in [0.05, 0.1) is 34.2 Å². The Morgan fingerprint density at radius 2 is 1.97 bits per heavy atom. The highest BCUT2D eigenvalue weighted by Crippen LogP contribution is 2.26. The van der Waals surface area contributed by atoms with Gasteiger partial charge in [0.25, 0.3) is 0 Å². The third-order valence-corrected chi connectivity index (χ3v) is 5.89. The summed E-state index contributed by atoms with van der Waals surface area (Å²) in [4.78, 5) is 20.0. The molecule has 2 heterocycles. The Kier molecular flexibility index (Phi) is 5.88. The predicted molar refractivity (Wildman–Crippen MR) is 118 cm³/mol. The number of rotatable bonds is 5. The van der Waals surface area contributed by atoms with E-state index in [1.165, 1.54) is 5.52 Å². The first-order chi connectivity index (χ1) is 14.0. The van der Waals surface area contributed by atoms with E-state index in [2.05, 4.69) is 46.8 Å². The van der Waals surface area contributed by atoms with Crippen LogP contribution >= 0.6 is 11.6 Å². The minimum Gasteiger partial charge on any atom is -0.324 e. The summed E-state index contributed by atoms with van der Waals surface area (Å²) in [6.07, 6.45) is 1.90. The molecule has 1 N–H and O–H groups in total. The van der Waals surface area contributed by atoms with Crippen LogP contribution in [-0.4, -0.2) is 33.4 Å². The van der Waals surface area contributed by atoms with Gasteiger partial charge in [0, 0.05) is 12.6 Å². The lowest BCUT2D eigenvalue weighted by Gasteiger charge is -2.32. The van der Waals surface area contributed by atoms with Crippen molar-refractivity contribution in [2.45, 2.75) is 39.3 Å². The molecular weight excluding hydrogens is 384 g/mol. The number of halogens is 1. The molecule has 0 bridgehead atoms. The summed E-state index contributed by atoms with van der Waals surface area (Å²) in [5.74, 6) is 1.06. The first-order valence-electron chi connectivity index (χ1n) is 10.3. The first-order valence-corrected chi connectivity index (χ1v) is 10.6. The number of hydrogen-bond donors (Lipinski definition) is 1. The van der Waals surface area contributed by atoms with Crippen LogP contribution in [0.5, 0.6) is 0 Å². The monoisotopic (exact) mass is 410 g/mol. The van der Waals surface area contributed by atoms with Gasteiger partial charge in [-0.1, -0.05) is 35.9 Å². The Labute approximate surface area is 176 Å². The molecule has 0 unspecified atom stereocenters. The van der Waals surface area contributed by atoms with Crippen molar-refractivity contribution in [3.05, 3.63) is 59.4 Å². The fourth-order valence-corrected chi connectivity index (χ4v) is 4.38. The molecule has 1 atom stereocenters. The lowest BCUT2D eigenvalue weighted by molar-refractivity contribution is -0.121. The zero-order valence-corrected chi connectivity index (χ0v) is 17.7. The fraction of sp³-hybridized carbons (Fsp3) is 0.391. The molecule has 0 saturated carbocycles. The van der Waals surface area contributed by atoms with E-state index in [9.17, 15) is 4.79 Å². The Morgan fingerprint density at radius 1 is 1.21 bits per heavy atom. The third kappa shape index (κ3) is 4.31. The van der Waals surface area contributed by atoms with Crippen molar-refractivity contribution in [3.8, 4) is 0 Å². The molecule has 1 amide bonds. The summed E-state index contributed by atoms with van der Waals surface area (Å²) in [5, 5.41) is 3.57. The van der Waals surface area contributed by atoms with Crippen LogP contribution in [0.3, 0.4) is 0 Å². The van der Waals surface area contributed by atoms with Crippen LogP contribution in [0.4, 0.5) is 5.69 Å². The van der Waals surface area contributed by atoms with Gasteiger partial charge in [0.2, 0.25) is 5.91 Å². The van der Waals surface area contributed by atoms with Crippen molar-refractivity contribution in [1.82, 2.24) is 14.5 Å². The van der Waals surface area contributed by atoms with Crippen LogP contribution < -0.4 is 5.32 Å². The number of fused-ring (bicyclic) bond motifs is 1. The lowest BCUT2D eigenvalue weighted by Crippen LogP contribution is -2.40. The van der Waals surface area contributed by atoms with E-state index in [1.807, 2.05) is 24.3 Å². The van der Waals surface area contributed by atoms with Gasteiger partial charge in [-0.25, -0.2) is 4.98 Å². The summed E-state index contributed by atoms with van der Waals surface area (Å²) >= 11 is 6.19. The molecule has 0 spiro atoms. The molecule has 0 aliphatic carbocycles. The summed E-state index contributed by atoms with van der Waals surface area (Å²) in [5.41, 5.74) is 2.88. The zero-order chi connectivity index (χ0) is 20.4. The molecular formula is C23H27ClN4O. The van der Waals surface area contributed by atoms with E-state index in [1.54, 1.807) is 6.07 Å². The Morgan fingerprint density at radius 3 is 2.76 bits per heavy atom. The topological polar surface area (TPSA) is 50.2 Å². The summed E-state index contributed by atoms with van der Waals surface area (Å²) in [6, 6.07) is 16.0. The first kappa shape index (κ1) is 19.9. The number of carbonyl (C=O) groups excluding carboxylic acids is 1. The molecule has 1 aliphatic rings. The molecule has 29 heavy (non-hydrogen) atoms. The second-order valence-electron chi connectivity index (χ2n) is 8.02. The van der Waals surface area contributed by atoms with Crippen LogP contribution in [0.25, 0.3) is 11.0 Å². The van der Waals surface area contributed by atoms with Gasteiger partial charge in [0.1, 0.15) is 5.82 Å². The molecule has 1 aliphatic heterocycles. The Balaban J connectivity index is 1.48. The van der Waals surface area contributed by atoms with Crippen LogP contribution in [-0.2, 0) is 11.3 Å². The van der Waals surface area contributed by atoms with E-state index < -0.39 is 0 Å². The van der Waals surface area contributed by atoms with Crippen molar-refractivity contribution < 1.29 is 4.79 Å². The van der Waals surface area contributed by atoms with Crippen LogP contribution in [0.1, 0.15) is 38.6 Å². The highest BCUT2D eigenvalue weighted by Gasteiger charge is 2.27. The maximum Gasteiger partial charge on any atom is 0.228 e. The van der Waals surface area contributed by atoms with Crippen molar-refractivity contribution in [1.29, 1.82) is 0 Å². The van der Waals surface area contributed by atoms with Gasteiger partial charge in [-0.15, -0.1) is 0 Å². The van der Waals surface area contributed by atoms with Crippen molar-refractivity contribution in [2.24, 2.45) is 5.92 Å². The van der Waals surface area contributed by atoms with E-state index >= 15 is 0 Å². The second kappa shape index (κ2) is 8.56. The second-order valence-corrected chi connectivity index (χ2v) is 8.43. The summed E-state index contributed by atoms with van der Waals surface area (Å²) < 4.78 is 2.31. The normalized spacial score (nSPS) is 17.7. The Hall–Kier alpha value is -2.37. The number of likely N-dealkylation sites (tertiary alicyclic amines) is 1. The highest BCUT2D eigenvalue weighted by atomic mass is 35.5. The summed E-state index contributed by atoms with van der Waals surface area (Å²) in [6.45, 7) is 6.85. The maximum absolute atomic E-state index is 12.8. The van der Waals surface area contributed by atoms with Crippen LogP contribution in [0.15, 0.2) is 48.5 Å². The molecule has 1 saturated heterocycles. The number of nitrogens with zero attached hydrogens (tertiary/aromatic N) is 3. The van der Waals surface area contributed by atoms with Gasteiger partial charge in [-0.05, 0) is 57.5 Å². The van der Waals surface area contributed by atoms with Gasteiger partial charge in [0.15, 0.2) is 0 Å². The van der Waals surface area contributed by atoms with E-state index in [0.29, 0.717) is 16.8 Å². The number of piperidine rings is 1. The average molecular weight is 411 g/mol. The number of carbonyl (C=O) groups is 1. The van der Waals surface area contributed by atoms with Crippen molar-refractivity contribution in [3.63, 3.8) is 0 Å². The highest BCUT2D eigenvalue weighted by molar-refractivity contribution is 6.33. The number of amides is 1. The van der Waals surface area contributed by atoms with Crippen LogP contribution in [0.2, 0.25) is 5.02 Å². The number of anilines is 1. The van der Waals surface area contributed by atoms with E-state index in [4.69, 9.17) is 16.6 Å².